The highest BCUT2D eigenvalue weighted by atomic mass is 32.1. The third kappa shape index (κ3) is 3.49. The van der Waals surface area contributed by atoms with Gasteiger partial charge in [-0.3, -0.25) is 4.79 Å². The minimum atomic E-state index is -0.186. The second-order valence-electron chi connectivity index (χ2n) is 4.83. The summed E-state index contributed by atoms with van der Waals surface area (Å²) in [4.78, 5) is 16.5. The van der Waals surface area contributed by atoms with Crippen molar-refractivity contribution in [1.29, 1.82) is 0 Å². The van der Waals surface area contributed by atoms with Crippen LogP contribution in [0.5, 0.6) is 5.75 Å². The van der Waals surface area contributed by atoms with E-state index < -0.39 is 0 Å². The molecule has 0 saturated carbocycles. The molecule has 0 aliphatic carbocycles. The Labute approximate surface area is 137 Å². The van der Waals surface area contributed by atoms with Gasteiger partial charge in [-0.1, -0.05) is 18.2 Å². The van der Waals surface area contributed by atoms with Crippen molar-refractivity contribution in [2.75, 3.05) is 18.2 Å². The van der Waals surface area contributed by atoms with E-state index in [0.29, 0.717) is 22.1 Å². The molecule has 0 saturated heterocycles. The Balaban J connectivity index is 1.73. The molecule has 116 valence electrons. The summed E-state index contributed by atoms with van der Waals surface area (Å²) in [6.07, 6.45) is 0. The molecule has 0 unspecified atom stereocenters. The number of hydrogen-bond donors (Lipinski definition) is 2. The van der Waals surface area contributed by atoms with E-state index in [2.05, 4.69) is 10.3 Å². The van der Waals surface area contributed by atoms with Gasteiger partial charge in [-0.2, -0.15) is 0 Å². The van der Waals surface area contributed by atoms with Gasteiger partial charge < -0.3 is 15.8 Å². The maximum atomic E-state index is 12.2. The molecule has 3 N–H and O–H groups in total. The first kappa shape index (κ1) is 15.1. The quantitative estimate of drug-likeness (QED) is 0.767. The Morgan fingerprint density at radius 2 is 2.00 bits per heavy atom. The highest BCUT2D eigenvalue weighted by molar-refractivity contribution is 7.13. The summed E-state index contributed by atoms with van der Waals surface area (Å²) in [5.74, 6) is 0.462. The van der Waals surface area contributed by atoms with Gasteiger partial charge in [-0.05, 0) is 30.3 Å². The second kappa shape index (κ2) is 6.50. The Bertz CT molecular complexity index is 828. The van der Waals surface area contributed by atoms with E-state index in [1.807, 2.05) is 29.6 Å². The molecule has 2 aromatic carbocycles. The van der Waals surface area contributed by atoms with Crippen molar-refractivity contribution < 1.29 is 9.53 Å². The van der Waals surface area contributed by atoms with Crippen LogP contribution in [-0.4, -0.2) is 18.0 Å². The molecular formula is C17H15N3O2S. The molecule has 0 fully saturated rings. The number of nitrogens with two attached hydrogens (primary N) is 1. The van der Waals surface area contributed by atoms with Gasteiger partial charge in [0.25, 0.3) is 5.91 Å². The Hall–Kier alpha value is -2.86. The van der Waals surface area contributed by atoms with Gasteiger partial charge in [0.1, 0.15) is 5.75 Å². The lowest BCUT2D eigenvalue weighted by molar-refractivity contribution is 0.102. The molecule has 0 aliphatic rings. The van der Waals surface area contributed by atoms with Crippen LogP contribution < -0.4 is 15.8 Å². The molecule has 1 aromatic heterocycles. The fourth-order valence-corrected chi connectivity index (χ4v) is 2.68. The molecular weight excluding hydrogens is 310 g/mol. The van der Waals surface area contributed by atoms with Crippen LogP contribution in [0.25, 0.3) is 11.3 Å². The van der Waals surface area contributed by atoms with Gasteiger partial charge >= 0.3 is 0 Å². The lowest BCUT2D eigenvalue weighted by Gasteiger charge is -2.07. The molecule has 23 heavy (non-hydrogen) atoms. The van der Waals surface area contributed by atoms with Crippen molar-refractivity contribution in [2.24, 2.45) is 0 Å². The molecule has 3 aromatic rings. The maximum absolute atomic E-state index is 12.2. The van der Waals surface area contributed by atoms with Crippen LogP contribution in [0.15, 0.2) is 53.9 Å². The van der Waals surface area contributed by atoms with Gasteiger partial charge in [0.2, 0.25) is 0 Å². The summed E-state index contributed by atoms with van der Waals surface area (Å²) in [6, 6.07) is 14.5. The first-order valence-corrected chi connectivity index (χ1v) is 7.80. The highest BCUT2D eigenvalue weighted by Gasteiger charge is 2.08. The van der Waals surface area contributed by atoms with E-state index in [-0.39, 0.29) is 5.91 Å². The molecule has 6 heteroatoms. The van der Waals surface area contributed by atoms with E-state index in [4.69, 9.17) is 10.5 Å². The lowest BCUT2D eigenvalue weighted by Crippen LogP contribution is -2.11. The molecule has 3 rings (SSSR count). The average Bonchev–Trinajstić information content (AvgIpc) is 3.02. The molecule has 1 heterocycles. The number of nitrogens with one attached hydrogen (secondary N) is 1. The van der Waals surface area contributed by atoms with Crippen LogP contribution in [0, 0.1) is 0 Å². The zero-order valence-corrected chi connectivity index (χ0v) is 13.3. The number of nitrogen functional groups attached to an aromatic ring is 1. The molecule has 0 bridgehead atoms. The second-order valence-corrected chi connectivity index (χ2v) is 5.72. The number of methoxy groups -OCH3 is 1. The number of hydrogen-bond acceptors (Lipinski definition) is 5. The maximum Gasteiger partial charge on any atom is 0.255 e. The third-order valence-corrected chi connectivity index (χ3v) is 3.97. The molecule has 0 aliphatic heterocycles. The topological polar surface area (TPSA) is 77.2 Å². The van der Waals surface area contributed by atoms with Crippen molar-refractivity contribution in [3.05, 3.63) is 59.5 Å². The molecule has 5 nitrogen and oxygen atoms in total. The summed E-state index contributed by atoms with van der Waals surface area (Å²) in [5, 5.41) is 5.30. The zero-order valence-electron chi connectivity index (χ0n) is 12.4. The van der Waals surface area contributed by atoms with Crippen LogP contribution in [0.2, 0.25) is 0 Å². The Morgan fingerprint density at radius 3 is 2.65 bits per heavy atom. The molecule has 0 spiro atoms. The van der Waals surface area contributed by atoms with Gasteiger partial charge in [-0.25, -0.2) is 4.98 Å². The van der Waals surface area contributed by atoms with Gasteiger partial charge in [0, 0.05) is 22.2 Å². The first-order valence-electron chi connectivity index (χ1n) is 6.92. The predicted octanol–water partition coefficient (Wildman–Crippen LogP) is 3.65. The number of anilines is 2. The number of nitrogens with zero attached hydrogens (tertiary/aromatic N) is 1. The first-order chi connectivity index (χ1) is 11.2. The zero-order chi connectivity index (χ0) is 16.2. The lowest BCUT2D eigenvalue weighted by atomic mass is 10.1. The smallest absolute Gasteiger partial charge is 0.255 e. The van der Waals surface area contributed by atoms with Gasteiger partial charge in [-0.15, -0.1) is 11.3 Å². The number of amides is 1. The van der Waals surface area contributed by atoms with Crippen LogP contribution in [0.4, 0.5) is 10.8 Å². The number of carbonyl (C=O) groups excluding carboxylic acids is 1. The van der Waals surface area contributed by atoms with Crippen LogP contribution >= 0.6 is 11.3 Å². The molecule has 0 atom stereocenters. The predicted molar refractivity (Wildman–Crippen MR) is 92.9 cm³/mol. The van der Waals surface area contributed by atoms with E-state index in [1.54, 1.807) is 31.4 Å². The number of rotatable bonds is 4. The monoisotopic (exact) mass is 325 g/mol. The number of thiazole rings is 1. The number of aromatic nitrogens is 1. The largest absolute Gasteiger partial charge is 0.497 e. The summed E-state index contributed by atoms with van der Waals surface area (Å²) in [5.41, 5.74) is 8.68. The highest BCUT2D eigenvalue weighted by Crippen LogP contribution is 2.24. The van der Waals surface area contributed by atoms with E-state index >= 15 is 0 Å². The van der Waals surface area contributed by atoms with Crippen LogP contribution in [0.1, 0.15) is 10.4 Å². The van der Waals surface area contributed by atoms with Crippen molar-refractivity contribution in [2.45, 2.75) is 0 Å². The van der Waals surface area contributed by atoms with Crippen molar-refractivity contribution in [3.63, 3.8) is 0 Å². The Kier molecular flexibility index (Phi) is 4.25. The van der Waals surface area contributed by atoms with Crippen molar-refractivity contribution in [1.82, 2.24) is 4.98 Å². The van der Waals surface area contributed by atoms with Gasteiger partial charge in [0.05, 0.1) is 12.8 Å². The fourth-order valence-electron chi connectivity index (χ4n) is 2.11. The van der Waals surface area contributed by atoms with E-state index in [0.717, 1.165) is 11.3 Å². The van der Waals surface area contributed by atoms with Gasteiger partial charge in [0.15, 0.2) is 5.13 Å². The van der Waals surface area contributed by atoms with Crippen molar-refractivity contribution >= 4 is 28.1 Å². The van der Waals surface area contributed by atoms with E-state index in [9.17, 15) is 4.79 Å². The van der Waals surface area contributed by atoms with Crippen molar-refractivity contribution in [3.8, 4) is 17.0 Å². The standard InChI is InChI=1S/C17H15N3O2S/c1-22-14-4-2-3-12(9-14)16(21)19-13-7-5-11(6-8-13)15-10-23-17(18)20-15/h2-10H,1H3,(H2,18,20)(H,19,21). The number of benzene rings is 2. The normalized spacial score (nSPS) is 10.3. The summed E-state index contributed by atoms with van der Waals surface area (Å²) < 4.78 is 5.13. The number of carbonyl (C=O) groups is 1. The molecule has 0 radical (unpaired) electrons. The summed E-state index contributed by atoms with van der Waals surface area (Å²) in [6.45, 7) is 0. The minimum absolute atomic E-state index is 0.186. The Morgan fingerprint density at radius 1 is 1.22 bits per heavy atom. The van der Waals surface area contributed by atoms with Crippen LogP contribution in [-0.2, 0) is 0 Å². The summed E-state index contributed by atoms with van der Waals surface area (Å²) in [7, 11) is 1.57. The third-order valence-electron chi connectivity index (χ3n) is 3.29. The minimum Gasteiger partial charge on any atom is -0.497 e. The number of ether oxygens (including phenoxy) is 1. The molecule has 1 amide bonds. The van der Waals surface area contributed by atoms with Crippen LogP contribution in [0.3, 0.4) is 0 Å². The van der Waals surface area contributed by atoms with E-state index in [1.165, 1.54) is 11.3 Å². The fraction of sp³-hybridized carbons (Fsp3) is 0.0588. The summed E-state index contributed by atoms with van der Waals surface area (Å²) >= 11 is 1.40. The average molecular weight is 325 g/mol. The SMILES string of the molecule is COc1cccc(C(=O)Nc2ccc(-c3csc(N)n3)cc2)c1.